The van der Waals surface area contributed by atoms with Crippen molar-refractivity contribution in [2.24, 2.45) is 4.99 Å². The van der Waals surface area contributed by atoms with Crippen LogP contribution in [0, 0.1) is 0 Å². The van der Waals surface area contributed by atoms with Gasteiger partial charge in [0.05, 0.1) is 7.11 Å². The average Bonchev–Trinajstić information content (AvgIpc) is 2.53. The first-order valence-electron chi connectivity index (χ1n) is 8.53. The average molecular weight is 351 g/mol. The lowest BCUT2D eigenvalue weighted by atomic mass is 9.93. The van der Waals surface area contributed by atoms with Gasteiger partial charge in [-0.05, 0) is 36.3 Å². The van der Waals surface area contributed by atoms with Crippen molar-refractivity contribution in [2.45, 2.75) is 65.8 Å². The molecule has 1 atom stereocenters. The second kappa shape index (κ2) is 9.72. The predicted molar refractivity (Wildman–Crippen MR) is 105 cm³/mol. The molecule has 0 aliphatic carbocycles. The van der Waals surface area contributed by atoms with Crippen LogP contribution in [0.2, 0.25) is 0 Å². The van der Waals surface area contributed by atoms with Crippen LogP contribution in [0.3, 0.4) is 0 Å². The Morgan fingerprint density at radius 3 is 2.12 bits per heavy atom. The Hall–Kier alpha value is -1.49. The first-order valence-corrected chi connectivity index (χ1v) is 9.35. The van der Waals surface area contributed by atoms with Crippen molar-refractivity contribution in [3.8, 4) is 0 Å². The summed E-state index contributed by atoms with van der Waals surface area (Å²) in [7, 11) is 1.39. The summed E-state index contributed by atoms with van der Waals surface area (Å²) in [6, 6.07) is 6.48. The highest BCUT2D eigenvalue weighted by Gasteiger charge is 2.18. The lowest BCUT2D eigenvalue weighted by Gasteiger charge is -2.21. The van der Waals surface area contributed by atoms with E-state index in [2.05, 4.69) is 63.1 Å². The second-order valence-corrected chi connectivity index (χ2v) is 7.42. The summed E-state index contributed by atoms with van der Waals surface area (Å²) in [6.45, 7) is 12.8. The minimum Gasteiger partial charge on any atom is -0.461 e. The maximum Gasteiger partial charge on any atom is 0.374 e. The van der Waals surface area contributed by atoms with E-state index in [1.165, 1.54) is 18.2 Å². The number of nitrogens with one attached hydrogen (secondary N) is 1. The Morgan fingerprint density at radius 1 is 1.17 bits per heavy atom. The fourth-order valence-electron chi connectivity index (χ4n) is 2.30. The summed E-state index contributed by atoms with van der Waals surface area (Å²) in [5.74, 6) is 0.748. The van der Waals surface area contributed by atoms with E-state index in [1.54, 1.807) is 0 Å². The van der Waals surface area contributed by atoms with Crippen molar-refractivity contribution in [3.63, 3.8) is 0 Å². The van der Waals surface area contributed by atoms with Gasteiger partial charge in [0.1, 0.15) is 0 Å². The lowest BCUT2D eigenvalue weighted by Crippen LogP contribution is -2.17. The van der Waals surface area contributed by atoms with Crippen LogP contribution < -0.4 is 5.32 Å². The number of nitrogens with zero attached hydrogens (tertiary/aromatic N) is 1. The molecule has 4 nitrogen and oxygen atoms in total. The summed E-state index contributed by atoms with van der Waals surface area (Å²) >= 11 is 1.00. The molecule has 0 aliphatic rings. The van der Waals surface area contributed by atoms with E-state index in [0.717, 1.165) is 23.9 Å². The van der Waals surface area contributed by atoms with Crippen molar-refractivity contribution in [1.29, 1.82) is 0 Å². The Bertz CT molecular complexity index is 556. The molecular weight excluding hydrogens is 320 g/mol. The number of para-hydroxylation sites is 1. The molecule has 0 aliphatic heterocycles. The van der Waals surface area contributed by atoms with E-state index >= 15 is 0 Å². The number of hydrogen-bond acceptors (Lipinski definition) is 4. The highest BCUT2D eigenvalue weighted by molar-refractivity contribution is 8.26. The van der Waals surface area contributed by atoms with Crippen LogP contribution in [0.4, 0.5) is 10.5 Å². The Labute approximate surface area is 150 Å². The number of aliphatic imine (C=N–C) groups is 1. The number of rotatable bonds is 5. The first-order chi connectivity index (χ1) is 11.3. The Balaban J connectivity index is 3.30. The van der Waals surface area contributed by atoms with E-state index in [-0.39, 0.29) is 11.3 Å². The molecule has 0 saturated carbocycles. The van der Waals surface area contributed by atoms with Gasteiger partial charge in [-0.1, -0.05) is 52.8 Å². The van der Waals surface area contributed by atoms with Crippen molar-refractivity contribution in [1.82, 2.24) is 0 Å². The van der Waals surface area contributed by atoms with Gasteiger partial charge >= 0.3 is 5.30 Å². The van der Waals surface area contributed by atoms with Crippen LogP contribution in [0.15, 0.2) is 23.2 Å². The van der Waals surface area contributed by atoms with E-state index in [1.807, 2.05) is 6.92 Å². The number of methoxy groups -OCH3 is 1. The Morgan fingerprint density at radius 2 is 1.71 bits per heavy atom. The number of ether oxygens (including phenoxy) is 1. The highest BCUT2D eigenvalue weighted by atomic mass is 32.2. The number of amidine groups is 1. The highest BCUT2D eigenvalue weighted by Crippen LogP contribution is 2.33. The third-order valence-electron chi connectivity index (χ3n) is 3.88. The molecule has 0 heterocycles. The van der Waals surface area contributed by atoms with E-state index in [0.29, 0.717) is 17.0 Å². The standard InChI is InChI=1S/C19H30N2O2S/c1-8-14(6)20-18(24-19(22)23-7)21-17-15(12(2)3)10-9-11-16(17)13(4)5/h9-14H,8H2,1-7H3,(H,20,21). The molecule has 24 heavy (non-hydrogen) atoms. The summed E-state index contributed by atoms with van der Waals surface area (Å²) in [4.78, 5) is 16.4. The van der Waals surface area contributed by atoms with Crippen LogP contribution in [0.5, 0.6) is 0 Å². The molecule has 0 bridgehead atoms. The van der Waals surface area contributed by atoms with E-state index in [9.17, 15) is 4.79 Å². The monoisotopic (exact) mass is 350 g/mol. The number of hydrogen-bond donors (Lipinski definition) is 1. The molecule has 0 spiro atoms. The second-order valence-electron chi connectivity index (χ2n) is 6.49. The van der Waals surface area contributed by atoms with Gasteiger partial charge in [-0.15, -0.1) is 0 Å². The molecule has 1 aromatic carbocycles. The minimum atomic E-state index is -0.363. The predicted octanol–water partition coefficient (Wildman–Crippen LogP) is 6.00. The normalized spacial score (nSPS) is 13.3. The van der Waals surface area contributed by atoms with Crippen LogP contribution in [0.1, 0.15) is 70.9 Å². The van der Waals surface area contributed by atoms with Gasteiger partial charge < -0.3 is 10.1 Å². The maximum atomic E-state index is 11.7. The quantitative estimate of drug-likeness (QED) is 0.402. The van der Waals surface area contributed by atoms with Crippen molar-refractivity contribution < 1.29 is 9.53 Å². The molecule has 0 radical (unpaired) electrons. The van der Waals surface area contributed by atoms with Gasteiger partial charge in [-0.3, -0.25) is 4.99 Å². The SMILES string of the molecule is CCC(C)N=C(Nc1c(C(C)C)cccc1C(C)C)SC(=O)OC. The fraction of sp³-hybridized carbons (Fsp3) is 0.579. The molecule has 1 aromatic rings. The molecule has 134 valence electrons. The van der Waals surface area contributed by atoms with E-state index < -0.39 is 0 Å². The molecule has 5 heteroatoms. The molecule has 0 amide bonds. The van der Waals surface area contributed by atoms with Gasteiger partial charge in [0.15, 0.2) is 5.17 Å². The van der Waals surface area contributed by atoms with Gasteiger partial charge in [-0.25, -0.2) is 4.79 Å². The molecule has 1 rings (SSSR count). The van der Waals surface area contributed by atoms with Crippen LogP contribution in [-0.2, 0) is 4.74 Å². The molecule has 1 unspecified atom stereocenters. The third-order valence-corrected chi connectivity index (χ3v) is 4.61. The topological polar surface area (TPSA) is 50.7 Å². The number of carbonyl (C=O) groups is 1. The lowest BCUT2D eigenvalue weighted by molar-refractivity contribution is 0.200. The maximum absolute atomic E-state index is 11.7. The molecule has 0 aromatic heterocycles. The van der Waals surface area contributed by atoms with Crippen molar-refractivity contribution in [3.05, 3.63) is 29.3 Å². The van der Waals surface area contributed by atoms with Gasteiger partial charge in [0, 0.05) is 23.5 Å². The van der Waals surface area contributed by atoms with Gasteiger partial charge in [-0.2, -0.15) is 0 Å². The molecule has 0 saturated heterocycles. The number of benzene rings is 1. The van der Waals surface area contributed by atoms with Crippen LogP contribution >= 0.6 is 11.8 Å². The molecule has 0 fully saturated rings. The molecular formula is C19H30N2O2S. The zero-order chi connectivity index (χ0) is 18.3. The minimum absolute atomic E-state index is 0.137. The largest absolute Gasteiger partial charge is 0.461 e. The van der Waals surface area contributed by atoms with Crippen molar-refractivity contribution >= 4 is 27.9 Å². The fourth-order valence-corrected chi connectivity index (χ4v) is 2.93. The van der Waals surface area contributed by atoms with E-state index in [4.69, 9.17) is 4.74 Å². The summed E-state index contributed by atoms with van der Waals surface area (Å²) in [6.07, 6.45) is 0.912. The number of thioether (sulfide) groups is 1. The van der Waals surface area contributed by atoms with Gasteiger partial charge in [0.2, 0.25) is 0 Å². The summed E-state index contributed by atoms with van der Waals surface area (Å²) in [5, 5.41) is 3.65. The van der Waals surface area contributed by atoms with Gasteiger partial charge in [0.25, 0.3) is 0 Å². The smallest absolute Gasteiger partial charge is 0.374 e. The summed E-state index contributed by atoms with van der Waals surface area (Å²) < 4.78 is 4.79. The zero-order valence-corrected chi connectivity index (χ0v) is 16.7. The Kier molecular flexibility index (Phi) is 8.32. The number of carbonyl (C=O) groups excluding carboxylic acids is 1. The molecule has 1 N–H and O–H groups in total. The zero-order valence-electron chi connectivity index (χ0n) is 15.8. The van der Waals surface area contributed by atoms with Crippen molar-refractivity contribution in [2.75, 3.05) is 12.4 Å². The first kappa shape index (κ1) is 20.6. The van der Waals surface area contributed by atoms with Crippen LogP contribution in [-0.4, -0.2) is 23.6 Å². The number of anilines is 1. The summed E-state index contributed by atoms with van der Waals surface area (Å²) in [5.41, 5.74) is 3.51. The van der Waals surface area contributed by atoms with Crippen LogP contribution in [0.25, 0.3) is 0 Å². The third kappa shape index (κ3) is 5.86.